The summed E-state index contributed by atoms with van der Waals surface area (Å²) in [6.07, 6.45) is 1.36. The maximum atomic E-state index is 12.5. The summed E-state index contributed by atoms with van der Waals surface area (Å²) in [5, 5.41) is 9.46. The molecule has 0 saturated carbocycles. The van der Waals surface area contributed by atoms with E-state index in [1.807, 2.05) is 6.07 Å². The minimum absolute atomic E-state index is 0.0438. The number of halogens is 1. The van der Waals surface area contributed by atoms with Crippen LogP contribution in [0, 0.1) is 11.3 Å². The molecule has 0 aliphatic carbocycles. The summed E-state index contributed by atoms with van der Waals surface area (Å²) in [6.45, 7) is 0. The Bertz CT molecular complexity index is 1130. The Morgan fingerprint density at radius 3 is 2.46 bits per heavy atom. The zero-order chi connectivity index (χ0) is 20.1. The molecular weight excluding hydrogens is 402 g/mol. The average molecular weight is 416 g/mol. The smallest absolute Gasteiger partial charge is 0.261 e. The van der Waals surface area contributed by atoms with E-state index in [1.165, 1.54) is 37.6 Å². The summed E-state index contributed by atoms with van der Waals surface area (Å²) >= 11 is 5.97. The molecule has 1 heterocycles. The molecule has 9 heteroatoms. The molecule has 1 aromatic heterocycles. The molecule has 0 bridgehead atoms. The maximum absolute atomic E-state index is 12.5. The highest BCUT2D eigenvalue weighted by molar-refractivity contribution is 7.92. The van der Waals surface area contributed by atoms with Crippen molar-refractivity contribution in [3.63, 3.8) is 0 Å². The van der Waals surface area contributed by atoms with Gasteiger partial charge in [0.05, 0.1) is 28.9 Å². The zero-order valence-electron chi connectivity index (χ0n) is 14.6. The highest BCUT2D eigenvalue weighted by atomic mass is 35.5. The van der Waals surface area contributed by atoms with Crippen molar-refractivity contribution in [2.24, 2.45) is 0 Å². The third-order valence-electron chi connectivity index (χ3n) is 3.65. The van der Waals surface area contributed by atoms with Crippen molar-refractivity contribution in [3.8, 4) is 23.4 Å². The van der Waals surface area contributed by atoms with Gasteiger partial charge in [-0.1, -0.05) is 17.7 Å². The van der Waals surface area contributed by atoms with Crippen LogP contribution in [0.25, 0.3) is 0 Å². The lowest BCUT2D eigenvalue weighted by Gasteiger charge is -2.10. The first kappa shape index (κ1) is 19.5. The average Bonchev–Trinajstić information content (AvgIpc) is 2.69. The van der Waals surface area contributed by atoms with Crippen molar-refractivity contribution >= 4 is 27.3 Å². The third-order valence-corrected chi connectivity index (χ3v) is 5.36. The highest BCUT2D eigenvalue weighted by Crippen LogP contribution is 2.30. The molecule has 0 amide bonds. The van der Waals surface area contributed by atoms with Gasteiger partial charge in [0, 0.05) is 6.07 Å². The van der Waals surface area contributed by atoms with E-state index in [0.717, 1.165) is 0 Å². The number of aromatic nitrogens is 1. The van der Waals surface area contributed by atoms with Crippen LogP contribution in [-0.4, -0.2) is 20.5 Å². The van der Waals surface area contributed by atoms with E-state index < -0.39 is 10.0 Å². The molecule has 0 radical (unpaired) electrons. The lowest BCUT2D eigenvalue weighted by Crippen LogP contribution is -2.13. The van der Waals surface area contributed by atoms with Gasteiger partial charge in [-0.25, -0.2) is 13.4 Å². The first-order valence-electron chi connectivity index (χ1n) is 7.92. The van der Waals surface area contributed by atoms with Crippen molar-refractivity contribution in [1.29, 1.82) is 5.26 Å². The number of hydrogen-bond donors (Lipinski definition) is 1. The Balaban J connectivity index is 1.78. The van der Waals surface area contributed by atoms with Gasteiger partial charge < -0.3 is 9.47 Å². The zero-order valence-corrected chi connectivity index (χ0v) is 16.2. The fourth-order valence-electron chi connectivity index (χ4n) is 2.29. The van der Waals surface area contributed by atoms with Crippen LogP contribution >= 0.6 is 11.6 Å². The monoisotopic (exact) mass is 415 g/mol. The molecule has 0 atom stereocenters. The molecule has 142 valence electrons. The number of anilines is 1. The number of benzene rings is 2. The van der Waals surface area contributed by atoms with Gasteiger partial charge in [0.15, 0.2) is 0 Å². The van der Waals surface area contributed by atoms with Gasteiger partial charge in [-0.2, -0.15) is 5.26 Å². The molecule has 0 unspecified atom stereocenters. The predicted octanol–water partition coefficient (Wildman–Crippen LogP) is 4.21. The minimum atomic E-state index is -3.80. The Labute approximate surface area is 167 Å². The van der Waals surface area contributed by atoms with Gasteiger partial charge in [-0.05, 0) is 42.5 Å². The largest absolute Gasteiger partial charge is 0.481 e. The molecule has 0 fully saturated rings. The number of sulfonamides is 1. The molecule has 0 spiro atoms. The topological polar surface area (TPSA) is 101 Å². The van der Waals surface area contributed by atoms with Gasteiger partial charge in [-0.3, -0.25) is 4.72 Å². The number of nitrogens with zero attached hydrogens (tertiary/aromatic N) is 2. The van der Waals surface area contributed by atoms with Crippen LogP contribution in [0.15, 0.2) is 65.7 Å². The summed E-state index contributed by atoms with van der Waals surface area (Å²) in [6, 6.07) is 15.7. The van der Waals surface area contributed by atoms with Crippen molar-refractivity contribution in [2.45, 2.75) is 4.90 Å². The molecule has 28 heavy (non-hydrogen) atoms. The molecule has 7 nitrogen and oxygen atoms in total. The van der Waals surface area contributed by atoms with Crippen molar-refractivity contribution in [1.82, 2.24) is 4.98 Å². The van der Waals surface area contributed by atoms with Gasteiger partial charge in [-0.15, -0.1) is 0 Å². The number of nitrogens with one attached hydrogen (secondary N) is 1. The summed E-state index contributed by atoms with van der Waals surface area (Å²) in [5.41, 5.74) is 0.508. The standard InChI is InChI=1S/C19H14ClN3O4S/c1-26-19-10-5-13(12-22-19)23-28(24,25)15-8-6-14(7-9-15)27-18-4-2-3-17(20)16(18)11-21/h2-10,12,23H,1H3. The molecule has 0 aliphatic rings. The third kappa shape index (κ3) is 4.34. The molecular formula is C19H14ClN3O4S. The first-order valence-corrected chi connectivity index (χ1v) is 9.78. The maximum Gasteiger partial charge on any atom is 0.261 e. The van der Waals surface area contributed by atoms with Crippen molar-refractivity contribution in [3.05, 3.63) is 71.4 Å². The van der Waals surface area contributed by atoms with E-state index >= 15 is 0 Å². The molecule has 0 aliphatic heterocycles. The number of nitriles is 1. The van der Waals surface area contributed by atoms with Crippen molar-refractivity contribution in [2.75, 3.05) is 11.8 Å². The van der Waals surface area contributed by atoms with Crippen LogP contribution in [0.1, 0.15) is 5.56 Å². The molecule has 2 aromatic carbocycles. The number of rotatable bonds is 6. The first-order chi connectivity index (χ1) is 13.4. The Morgan fingerprint density at radius 2 is 1.86 bits per heavy atom. The number of methoxy groups -OCH3 is 1. The predicted molar refractivity (Wildman–Crippen MR) is 104 cm³/mol. The van der Waals surface area contributed by atoms with E-state index in [0.29, 0.717) is 17.3 Å². The second-order valence-electron chi connectivity index (χ2n) is 5.49. The van der Waals surface area contributed by atoms with Crippen LogP contribution in [0.2, 0.25) is 5.02 Å². The number of pyridine rings is 1. The Kier molecular flexibility index (Phi) is 5.68. The Morgan fingerprint density at radius 1 is 1.11 bits per heavy atom. The lowest BCUT2D eigenvalue weighted by molar-refractivity contribution is 0.398. The highest BCUT2D eigenvalue weighted by Gasteiger charge is 2.15. The van der Waals surface area contributed by atoms with E-state index in [9.17, 15) is 13.7 Å². The van der Waals surface area contributed by atoms with Gasteiger partial charge in [0.2, 0.25) is 5.88 Å². The van der Waals surface area contributed by atoms with Gasteiger partial charge in [0.1, 0.15) is 23.1 Å². The van der Waals surface area contributed by atoms with Crippen LogP contribution in [-0.2, 0) is 10.0 Å². The number of ether oxygens (including phenoxy) is 2. The molecule has 0 saturated heterocycles. The quantitative estimate of drug-likeness (QED) is 0.647. The molecule has 3 aromatic rings. The van der Waals surface area contributed by atoms with Crippen LogP contribution in [0.3, 0.4) is 0 Å². The minimum Gasteiger partial charge on any atom is -0.481 e. The fourth-order valence-corrected chi connectivity index (χ4v) is 3.54. The SMILES string of the molecule is COc1ccc(NS(=O)(=O)c2ccc(Oc3cccc(Cl)c3C#N)cc2)cn1. The second kappa shape index (κ2) is 8.17. The van der Waals surface area contributed by atoms with Gasteiger partial charge in [0.25, 0.3) is 10.0 Å². The Hall–Kier alpha value is -3.28. The van der Waals surface area contributed by atoms with Crippen LogP contribution in [0.5, 0.6) is 17.4 Å². The summed E-state index contributed by atoms with van der Waals surface area (Å²) < 4.78 is 38.0. The normalized spacial score (nSPS) is 10.8. The molecule has 3 rings (SSSR count). The van der Waals surface area contributed by atoms with Crippen molar-refractivity contribution < 1.29 is 17.9 Å². The van der Waals surface area contributed by atoms with Gasteiger partial charge >= 0.3 is 0 Å². The second-order valence-corrected chi connectivity index (χ2v) is 7.58. The summed E-state index contributed by atoms with van der Waals surface area (Å²) in [4.78, 5) is 4.00. The number of hydrogen-bond acceptors (Lipinski definition) is 6. The van der Waals surface area contributed by atoms with Crippen LogP contribution < -0.4 is 14.2 Å². The summed E-state index contributed by atoms with van der Waals surface area (Å²) in [5.74, 6) is 1.03. The fraction of sp³-hybridized carbons (Fsp3) is 0.0526. The van der Waals surface area contributed by atoms with E-state index in [-0.39, 0.29) is 21.2 Å². The van der Waals surface area contributed by atoms with E-state index in [1.54, 1.807) is 30.3 Å². The molecule has 1 N–H and O–H groups in total. The summed E-state index contributed by atoms with van der Waals surface area (Å²) in [7, 11) is -2.33. The van der Waals surface area contributed by atoms with E-state index in [4.69, 9.17) is 21.1 Å². The van der Waals surface area contributed by atoms with E-state index in [2.05, 4.69) is 9.71 Å². The lowest BCUT2D eigenvalue weighted by atomic mass is 10.2. The van der Waals surface area contributed by atoms with Crippen LogP contribution in [0.4, 0.5) is 5.69 Å².